The lowest BCUT2D eigenvalue weighted by molar-refractivity contribution is -0.136. The summed E-state index contributed by atoms with van der Waals surface area (Å²) < 4.78 is 10.5. The van der Waals surface area contributed by atoms with Crippen LogP contribution in [0.15, 0.2) is 60.9 Å². The van der Waals surface area contributed by atoms with Crippen LogP contribution in [-0.2, 0) is 14.3 Å². The van der Waals surface area contributed by atoms with Crippen LogP contribution in [-0.4, -0.2) is 101 Å². The normalized spacial score (nSPS) is 21.4. The van der Waals surface area contributed by atoms with E-state index in [1.54, 1.807) is 36.4 Å². The number of benzene rings is 2. The summed E-state index contributed by atoms with van der Waals surface area (Å²) in [4.78, 5) is 70.9. The maximum Gasteiger partial charge on any atom is 0.407 e. The number of alkyl carbamates (subject to hydrolysis) is 1. The van der Waals surface area contributed by atoms with Crippen molar-refractivity contribution in [1.29, 1.82) is 0 Å². The Kier molecular flexibility index (Phi) is 12.1. The monoisotopic (exact) mass is 838 g/mol. The molecule has 4 aromatic rings. The maximum atomic E-state index is 13.7. The summed E-state index contributed by atoms with van der Waals surface area (Å²) in [5.74, 6) is 1.93. The number of hydrogen-bond donors (Lipinski definition) is 3. The first kappa shape index (κ1) is 42.5. The molecule has 3 N–H and O–H groups in total. The number of piperazine rings is 1. The summed E-state index contributed by atoms with van der Waals surface area (Å²) >= 11 is 6.77. The molecule has 14 nitrogen and oxygen atoms in total. The van der Waals surface area contributed by atoms with Crippen LogP contribution in [0.1, 0.15) is 76.6 Å². The molecule has 2 aliphatic heterocycles. The summed E-state index contributed by atoms with van der Waals surface area (Å²) in [5, 5.41) is 5.95. The number of hydrogen-bond acceptors (Lipinski definition) is 9. The predicted molar refractivity (Wildman–Crippen MR) is 231 cm³/mol. The second kappa shape index (κ2) is 17.2. The smallest absolute Gasteiger partial charge is 0.407 e. The standard InChI is InChI=1S/C45H55ClN8O6/c1-25(2)39(51-44(58)60-8)43(57)54-23-26(3)17-36(54)40-48-22-35(49-40)29-11-9-28(10-12-29)31-18-33(46)34(19-37(31)59-7)50-41(55)30-13-14-38(47-21-30)53-16-15-52(24-27(53)4)42(56)32-20-45(32,5)6/h9-14,18-19,21-22,25-27,32,36,39H,15-17,20,23-24H2,1-8H3,(H,48,49)(H,50,55)(H,51,58)/t26-,27+,32+,36-,39-/m0/s1. The predicted octanol–water partition coefficient (Wildman–Crippen LogP) is 7.43. The number of ether oxygens (including phenoxy) is 2. The molecule has 2 aromatic carbocycles. The van der Waals surface area contributed by atoms with Gasteiger partial charge in [-0.3, -0.25) is 14.4 Å². The molecule has 60 heavy (non-hydrogen) atoms. The molecule has 1 aliphatic carbocycles. The fourth-order valence-electron chi connectivity index (χ4n) is 8.44. The van der Waals surface area contributed by atoms with E-state index in [4.69, 9.17) is 26.1 Å². The molecule has 4 amide bonds. The number of rotatable bonds is 11. The van der Waals surface area contributed by atoms with Gasteiger partial charge in [-0.2, -0.15) is 0 Å². The minimum atomic E-state index is -0.723. The zero-order valence-corrected chi connectivity index (χ0v) is 36.3. The van der Waals surface area contributed by atoms with Crippen LogP contribution < -0.4 is 20.3 Å². The zero-order chi connectivity index (χ0) is 43.0. The number of amides is 4. The Hall–Kier alpha value is -5.63. The highest BCUT2D eigenvalue weighted by molar-refractivity contribution is 6.34. The van der Waals surface area contributed by atoms with E-state index in [1.807, 2.05) is 55.3 Å². The van der Waals surface area contributed by atoms with Crippen LogP contribution in [0.25, 0.3) is 22.4 Å². The molecule has 1 saturated carbocycles. The van der Waals surface area contributed by atoms with Gasteiger partial charge >= 0.3 is 6.09 Å². The van der Waals surface area contributed by atoms with E-state index < -0.39 is 12.1 Å². The molecule has 4 heterocycles. The average Bonchev–Trinajstić information content (AvgIpc) is 3.51. The summed E-state index contributed by atoms with van der Waals surface area (Å²) in [6.45, 7) is 14.8. The van der Waals surface area contributed by atoms with Crippen LogP contribution in [0.3, 0.4) is 0 Å². The first-order valence-corrected chi connectivity index (χ1v) is 21.0. The van der Waals surface area contributed by atoms with Crippen molar-refractivity contribution in [3.63, 3.8) is 0 Å². The number of aromatic amines is 1. The van der Waals surface area contributed by atoms with Crippen LogP contribution in [0.2, 0.25) is 5.02 Å². The minimum Gasteiger partial charge on any atom is -0.496 e. The summed E-state index contributed by atoms with van der Waals surface area (Å²) in [6, 6.07) is 14.0. The molecule has 5 atom stereocenters. The highest BCUT2D eigenvalue weighted by atomic mass is 35.5. The number of methoxy groups -OCH3 is 2. The number of anilines is 2. The van der Waals surface area contributed by atoms with Gasteiger partial charge in [0.05, 0.1) is 42.2 Å². The minimum absolute atomic E-state index is 0.0920. The Labute approximate surface area is 356 Å². The van der Waals surface area contributed by atoms with Gasteiger partial charge in [-0.1, -0.05) is 70.5 Å². The Bertz CT molecular complexity index is 2240. The number of halogens is 1. The molecule has 0 unspecified atom stereocenters. The molecular formula is C45H55ClN8O6. The number of carbonyl (C=O) groups excluding carboxylic acids is 4. The SMILES string of the molecule is COC(=O)N[C@H](C(=O)N1C[C@@H](C)C[C@H]1c1nc(-c2ccc(-c3cc(Cl)c(NC(=O)c4ccc(N5CCN(C(=O)[C@H]6CC6(C)C)C[C@H]5C)nc4)cc3OC)cc2)c[nH]1)C(C)C. The van der Waals surface area contributed by atoms with E-state index >= 15 is 0 Å². The van der Waals surface area contributed by atoms with Crippen LogP contribution in [0.5, 0.6) is 5.75 Å². The molecular weight excluding hydrogens is 784 g/mol. The molecule has 0 bridgehead atoms. The Balaban J connectivity index is 0.996. The van der Waals surface area contributed by atoms with E-state index in [9.17, 15) is 19.2 Å². The quantitative estimate of drug-likeness (QED) is 0.140. The average molecular weight is 839 g/mol. The van der Waals surface area contributed by atoms with Crippen molar-refractivity contribution >= 4 is 46.9 Å². The van der Waals surface area contributed by atoms with Crippen molar-refractivity contribution in [3.05, 3.63) is 77.3 Å². The molecule has 0 spiro atoms. The summed E-state index contributed by atoms with van der Waals surface area (Å²) in [6.07, 6.45) is 4.44. The van der Waals surface area contributed by atoms with Crippen molar-refractivity contribution in [1.82, 2.24) is 30.1 Å². The maximum absolute atomic E-state index is 13.7. The van der Waals surface area contributed by atoms with Gasteiger partial charge in [-0.05, 0) is 60.8 Å². The van der Waals surface area contributed by atoms with Crippen molar-refractivity contribution < 1.29 is 28.7 Å². The van der Waals surface area contributed by atoms with Crippen LogP contribution in [0.4, 0.5) is 16.3 Å². The number of carbonyl (C=O) groups is 4. The Morgan fingerprint density at radius 2 is 1.70 bits per heavy atom. The number of likely N-dealkylation sites (tertiary alicyclic amines) is 1. The van der Waals surface area contributed by atoms with Crippen molar-refractivity contribution in [2.45, 2.75) is 72.5 Å². The second-order valence-electron chi connectivity index (χ2n) is 17.4. The van der Waals surface area contributed by atoms with Gasteiger partial charge in [-0.25, -0.2) is 14.8 Å². The number of H-pyrrole nitrogens is 1. The van der Waals surface area contributed by atoms with Gasteiger partial charge in [0.2, 0.25) is 11.8 Å². The lowest BCUT2D eigenvalue weighted by Crippen LogP contribution is -2.54. The molecule has 2 aromatic heterocycles. The third-order valence-electron chi connectivity index (χ3n) is 12.2. The first-order valence-electron chi connectivity index (χ1n) is 20.6. The highest BCUT2D eigenvalue weighted by Gasteiger charge is 2.52. The van der Waals surface area contributed by atoms with E-state index in [-0.39, 0.29) is 53.0 Å². The molecule has 0 radical (unpaired) electrons. The van der Waals surface area contributed by atoms with Crippen molar-refractivity contribution in [3.8, 4) is 28.1 Å². The zero-order valence-electron chi connectivity index (χ0n) is 35.5. The topological polar surface area (TPSA) is 162 Å². The fraction of sp³-hybridized carbons (Fsp3) is 0.467. The molecule has 7 rings (SSSR count). The van der Waals surface area contributed by atoms with E-state index in [0.29, 0.717) is 54.0 Å². The van der Waals surface area contributed by atoms with E-state index in [1.165, 1.54) is 7.11 Å². The lowest BCUT2D eigenvalue weighted by Gasteiger charge is -2.40. The van der Waals surface area contributed by atoms with E-state index in [0.717, 1.165) is 41.0 Å². The van der Waals surface area contributed by atoms with Gasteiger partial charge in [0.15, 0.2) is 0 Å². The third kappa shape index (κ3) is 8.79. The van der Waals surface area contributed by atoms with Crippen molar-refractivity contribution in [2.75, 3.05) is 50.6 Å². The van der Waals surface area contributed by atoms with Crippen LogP contribution in [0, 0.1) is 23.2 Å². The third-order valence-corrected chi connectivity index (χ3v) is 12.5. The van der Waals surface area contributed by atoms with Gasteiger partial charge in [0.1, 0.15) is 23.4 Å². The number of pyridine rings is 1. The first-order chi connectivity index (χ1) is 28.6. The van der Waals surface area contributed by atoms with E-state index in [2.05, 4.69) is 53.2 Å². The summed E-state index contributed by atoms with van der Waals surface area (Å²) in [5.41, 5.74) is 4.07. The molecule has 3 aliphatic rings. The lowest BCUT2D eigenvalue weighted by atomic mass is 10.0. The molecule has 3 fully saturated rings. The van der Waals surface area contributed by atoms with Gasteiger partial charge < -0.3 is 39.8 Å². The highest BCUT2D eigenvalue weighted by Crippen LogP contribution is 2.52. The van der Waals surface area contributed by atoms with Gasteiger partial charge in [0, 0.05) is 67.7 Å². The second-order valence-corrected chi connectivity index (χ2v) is 17.8. The van der Waals surface area contributed by atoms with Crippen LogP contribution >= 0.6 is 11.6 Å². The van der Waals surface area contributed by atoms with Gasteiger partial charge in [0.25, 0.3) is 5.91 Å². The largest absolute Gasteiger partial charge is 0.496 e. The number of imidazole rings is 1. The van der Waals surface area contributed by atoms with Crippen molar-refractivity contribution in [2.24, 2.45) is 23.2 Å². The Morgan fingerprint density at radius 1 is 0.983 bits per heavy atom. The number of nitrogens with one attached hydrogen (secondary N) is 3. The molecule has 318 valence electrons. The Morgan fingerprint density at radius 3 is 2.32 bits per heavy atom. The molecule has 15 heteroatoms. The molecule has 2 saturated heterocycles. The number of aromatic nitrogens is 3. The fourth-order valence-corrected chi connectivity index (χ4v) is 8.65. The van der Waals surface area contributed by atoms with Gasteiger partial charge in [-0.15, -0.1) is 0 Å². The summed E-state index contributed by atoms with van der Waals surface area (Å²) in [7, 11) is 2.85. The number of nitrogens with zero attached hydrogens (tertiary/aromatic N) is 5.